The van der Waals surface area contributed by atoms with Crippen molar-refractivity contribution in [2.75, 3.05) is 27.2 Å². The van der Waals surface area contributed by atoms with E-state index in [0.29, 0.717) is 13.0 Å². The van der Waals surface area contributed by atoms with Gasteiger partial charge in [-0.05, 0) is 30.2 Å². The van der Waals surface area contributed by atoms with Crippen LogP contribution < -0.4 is 10.1 Å². The number of hydrogen-bond donors (Lipinski definition) is 2. The largest absolute Gasteiger partial charge is 0.497 e. The second-order valence-electron chi connectivity index (χ2n) is 6.24. The molecule has 5 heteroatoms. The van der Waals surface area contributed by atoms with E-state index in [1.807, 2.05) is 68.6 Å². The summed E-state index contributed by atoms with van der Waals surface area (Å²) in [6, 6.07) is 18.0. The maximum absolute atomic E-state index is 10.3. The molecule has 1 atom stereocenters. The maximum atomic E-state index is 10.3. The molecule has 0 amide bonds. The highest BCUT2D eigenvalue weighted by Crippen LogP contribution is 2.12. The van der Waals surface area contributed by atoms with Gasteiger partial charge in [-0.3, -0.25) is 4.99 Å². The van der Waals surface area contributed by atoms with Crippen molar-refractivity contribution in [3.8, 4) is 5.75 Å². The quantitative estimate of drug-likeness (QED) is 0.565. The third kappa shape index (κ3) is 6.41. The molecule has 2 aromatic carbocycles. The monoisotopic (exact) mass is 355 g/mol. The van der Waals surface area contributed by atoms with Gasteiger partial charge >= 0.3 is 0 Å². The number of aliphatic imine (C=N–C) groups is 1. The third-order valence-electron chi connectivity index (χ3n) is 4.04. The zero-order valence-corrected chi connectivity index (χ0v) is 15.9. The third-order valence-corrected chi connectivity index (χ3v) is 4.04. The van der Waals surface area contributed by atoms with Crippen molar-refractivity contribution >= 4 is 5.96 Å². The molecule has 0 spiro atoms. The van der Waals surface area contributed by atoms with Crippen molar-refractivity contribution in [1.29, 1.82) is 0 Å². The summed E-state index contributed by atoms with van der Waals surface area (Å²) in [5, 5.41) is 13.6. The molecule has 0 radical (unpaired) electrons. The summed E-state index contributed by atoms with van der Waals surface area (Å²) in [5.74, 6) is 1.64. The number of aliphatic hydroxyl groups is 1. The van der Waals surface area contributed by atoms with Crippen LogP contribution in [0.2, 0.25) is 0 Å². The summed E-state index contributed by atoms with van der Waals surface area (Å²) in [4.78, 5) is 6.65. The average molecular weight is 355 g/mol. The zero-order chi connectivity index (χ0) is 18.8. The number of methoxy groups -OCH3 is 1. The number of benzene rings is 2. The Hall–Kier alpha value is -2.53. The van der Waals surface area contributed by atoms with Crippen LogP contribution in [0.5, 0.6) is 5.75 Å². The van der Waals surface area contributed by atoms with Crippen molar-refractivity contribution in [3.05, 3.63) is 65.7 Å². The molecule has 0 fully saturated rings. The van der Waals surface area contributed by atoms with Crippen LogP contribution >= 0.6 is 0 Å². The summed E-state index contributed by atoms with van der Waals surface area (Å²) < 4.78 is 5.20. The SMILES string of the molecule is CCNC(=NCC(O)Cc1ccccc1)N(C)Cc1ccc(OC)cc1. The lowest BCUT2D eigenvalue weighted by Gasteiger charge is -2.22. The smallest absolute Gasteiger partial charge is 0.194 e. The van der Waals surface area contributed by atoms with E-state index >= 15 is 0 Å². The Morgan fingerprint density at radius 3 is 2.42 bits per heavy atom. The van der Waals surface area contributed by atoms with E-state index < -0.39 is 6.10 Å². The molecule has 26 heavy (non-hydrogen) atoms. The number of ether oxygens (including phenoxy) is 1. The van der Waals surface area contributed by atoms with Gasteiger partial charge in [0.1, 0.15) is 5.75 Å². The fourth-order valence-electron chi connectivity index (χ4n) is 2.69. The van der Waals surface area contributed by atoms with E-state index in [1.54, 1.807) is 7.11 Å². The number of rotatable bonds is 8. The van der Waals surface area contributed by atoms with Crippen LogP contribution in [0.1, 0.15) is 18.1 Å². The lowest BCUT2D eigenvalue weighted by molar-refractivity contribution is 0.183. The lowest BCUT2D eigenvalue weighted by atomic mass is 10.1. The molecule has 1 unspecified atom stereocenters. The first kappa shape index (κ1) is 19.8. The molecule has 0 saturated heterocycles. The summed E-state index contributed by atoms with van der Waals surface area (Å²) in [6.45, 7) is 3.91. The Bertz CT molecular complexity index is 671. The molecule has 0 bridgehead atoms. The van der Waals surface area contributed by atoms with Gasteiger partial charge in [0.2, 0.25) is 0 Å². The van der Waals surface area contributed by atoms with Gasteiger partial charge in [-0.15, -0.1) is 0 Å². The molecular formula is C21H29N3O2. The topological polar surface area (TPSA) is 57.1 Å². The second-order valence-corrected chi connectivity index (χ2v) is 6.24. The van der Waals surface area contributed by atoms with Crippen LogP contribution in [0.4, 0.5) is 0 Å². The molecule has 5 nitrogen and oxygen atoms in total. The standard InChI is InChI=1S/C21H29N3O2/c1-4-22-21(23-15-19(25)14-17-8-6-5-7-9-17)24(2)16-18-10-12-20(26-3)13-11-18/h5-13,19,25H,4,14-16H2,1-3H3,(H,22,23). The Kier molecular flexibility index (Phi) is 7.96. The minimum Gasteiger partial charge on any atom is -0.497 e. The van der Waals surface area contributed by atoms with Crippen molar-refractivity contribution in [2.45, 2.75) is 26.0 Å². The summed E-state index contributed by atoms with van der Waals surface area (Å²) in [6.07, 6.45) is 0.104. The van der Waals surface area contributed by atoms with E-state index in [-0.39, 0.29) is 0 Å². The van der Waals surface area contributed by atoms with Gasteiger partial charge in [-0.25, -0.2) is 0 Å². The van der Waals surface area contributed by atoms with Crippen LogP contribution in [0.3, 0.4) is 0 Å². The molecule has 2 N–H and O–H groups in total. The minimum absolute atomic E-state index is 0.365. The van der Waals surface area contributed by atoms with E-state index in [9.17, 15) is 5.11 Å². The number of nitrogens with zero attached hydrogens (tertiary/aromatic N) is 2. The minimum atomic E-state index is -0.500. The summed E-state index contributed by atoms with van der Waals surface area (Å²) in [5.41, 5.74) is 2.29. The van der Waals surface area contributed by atoms with Crippen molar-refractivity contribution in [3.63, 3.8) is 0 Å². The van der Waals surface area contributed by atoms with Gasteiger partial charge in [0.25, 0.3) is 0 Å². The fourth-order valence-corrected chi connectivity index (χ4v) is 2.69. The van der Waals surface area contributed by atoms with Crippen LogP contribution in [-0.4, -0.2) is 49.3 Å². The number of guanidine groups is 1. The van der Waals surface area contributed by atoms with Crippen LogP contribution in [-0.2, 0) is 13.0 Å². The van der Waals surface area contributed by atoms with Crippen molar-refractivity contribution < 1.29 is 9.84 Å². The lowest BCUT2D eigenvalue weighted by Crippen LogP contribution is -2.39. The van der Waals surface area contributed by atoms with Gasteiger partial charge < -0.3 is 20.1 Å². The predicted molar refractivity (Wildman–Crippen MR) is 107 cm³/mol. The first-order valence-corrected chi connectivity index (χ1v) is 8.96. The van der Waals surface area contributed by atoms with Crippen molar-refractivity contribution in [1.82, 2.24) is 10.2 Å². The predicted octanol–water partition coefficient (Wildman–Crippen LogP) is 2.70. The highest BCUT2D eigenvalue weighted by Gasteiger charge is 2.09. The Balaban J connectivity index is 1.95. The van der Waals surface area contributed by atoms with Gasteiger partial charge in [-0.1, -0.05) is 42.5 Å². The van der Waals surface area contributed by atoms with E-state index in [0.717, 1.165) is 30.4 Å². The maximum Gasteiger partial charge on any atom is 0.194 e. The van der Waals surface area contributed by atoms with Crippen LogP contribution in [0, 0.1) is 0 Å². The van der Waals surface area contributed by atoms with Crippen LogP contribution in [0.25, 0.3) is 0 Å². The Morgan fingerprint density at radius 2 is 1.81 bits per heavy atom. The van der Waals surface area contributed by atoms with Gasteiger partial charge in [0.05, 0.1) is 19.8 Å². The van der Waals surface area contributed by atoms with E-state index in [1.165, 1.54) is 5.56 Å². The van der Waals surface area contributed by atoms with E-state index in [4.69, 9.17) is 4.74 Å². The molecule has 140 valence electrons. The number of aliphatic hydroxyl groups excluding tert-OH is 1. The number of nitrogens with one attached hydrogen (secondary N) is 1. The van der Waals surface area contributed by atoms with Gasteiger partial charge in [-0.2, -0.15) is 0 Å². The molecule has 0 aliphatic carbocycles. The molecule has 0 aliphatic heterocycles. The average Bonchev–Trinajstić information content (AvgIpc) is 2.66. The Labute approximate surface area is 156 Å². The molecule has 0 aromatic heterocycles. The summed E-state index contributed by atoms with van der Waals surface area (Å²) in [7, 11) is 3.66. The van der Waals surface area contributed by atoms with Gasteiger partial charge in [0, 0.05) is 26.6 Å². The molecule has 2 rings (SSSR count). The molecule has 0 saturated carbocycles. The van der Waals surface area contributed by atoms with Crippen LogP contribution in [0.15, 0.2) is 59.6 Å². The van der Waals surface area contributed by atoms with Crippen molar-refractivity contribution in [2.24, 2.45) is 4.99 Å². The highest BCUT2D eigenvalue weighted by molar-refractivity contribution is 5.79. The summed E-state index contributed by atoms with van der Waals surface area (Å²) >= 11 is 0. The first-order chi connectivity index (χ1) is 12.6. The fraction of sp³-hybridized carbons (Fsp3) is 0.381. The van der Waals surface area contributed by atoms with E-state index in [2.05, 4.69) is 15.2 Å². The molecule has 0 heterocycles. The highest BCUT2D eigenvalue weighted by atomic mass is 16.5. The molecule has 0 aliphatic rings. The first-order valence-electron chi connectivity index (χ1n) is 8.96. The zero-order valence-electron chi connectivity index (χ0n) is 15.9. The Morgan fingerprint density at radius 1 is 1.12 bits per heavy atom. The second kappa shape index (κ2) is 10.5. The number of hydrogen-bond acceptors (Lipinski definition) is 3. The molecular weight excluding hydrogens is 326 g/mol. The normalized spacial score (nSPS) is 12.5. The van der Waals surface area contributed by atoms with Gasteiger partial charge in [0.15, 0.2) is 5.96 Å². The molecule has 2 aromatic rings.